The van der Waals surface area contributed by atoms with E-state index in [1.807, 2.05) is 0 Å². The predicted molar refractivity (Wildman–Crippen MR) is 115 cm³/mol. The van der Waals surface area contributed by atoms with Crippen molar-refractivity contribution in [2.45, 2.75) is 19.9 Å². The molecule has 1 N–H and O–H groups in total. The Morgan fingerprint density at radius 2 is 2.19 bits per heavy atom. The zero-order chi connectivity index (χ0) is 22.8. The molecule has 0 atom stereocenters. The number of carbonyl (C=O) groups excluding carboxylic acids is 1. The number of nitrogens with zero attached hydrogens (tertiary/aromatic N) is 5. The number of esters is 1. The summed E-state index contributed by atoms with van der Waals surface area (Å²) in [5, 5.41) is 15.0. The number of nitro groups is 1. The number of furan rings is 1. The minimum absolute atomic E-state index is 0.0511. The molecule has 0 aliphatic carbocycles. The van der Waals surface area contributed by atoms with Gasteiger partial charge in [0.05, 0.1) is 44.0 Å². The maximum absolute atomic E-state index is 12.0. The van der Waals surface area contributed by atoms with Gasteiger partial charge < -0.3 is 24.1 Å². The highest BCUT2D eigenvalue weighted by atomic mass is 16.6. The van der Waals surface area contributed by atoms with Gasteiger partial charge in [0.2, 0.25) is 11.6 Å². The quantitative estimate of drug-likeness (QED) is 0.288. The highest BCUT2D eigenvalue weighted by Crippen LogP contribution is 2.32. The van der Waals surface area contributed by atoms with Gasteiger partial charge in [-0.15, -0.1) is 0 Å². The SMILES string of the molecule is CCOC(=O)CCN(Cc1ccco1)c1ncnc(NCCN2CCOCC2)c1[N+](=O)[O-]. The highest BCUT2D eigenvalue weighted by molar-refractivity contribution is 5.73. The Labute approximate surface area is 185 Å². The number of hydrogen-bond acceptors (Lipinski definition) is 11. The summed E-state index contributed by atoms with van der Waals surface area (Å²) in [6.07, 6.45) is 2.85. The molecular weight excluding hydrogens is 420 g/mol. The average molecular weight is 448 g/mol. The van der Waals surface area contributed by atoms with E-state index < -0.39 is 10.9 Å². The largest absolute Gasteiger partial charge is 0.467 e. The molecule has 174 valence electrons. The Balaban J connectivity index is 1.78. The van der Waals surface area contributed by atoms with E-state index in [1.54, 1.807) is 24.0 Å². The summed E-state index contributed by atoms with van der Waals surface area (Å²) in [6, 6.07) is 3.48. The van der Waals surface area contributed by atoms with Crippen LogP contribution in [0.15, 0.2) is 29.1 Å². The first-order valence-electron chi connectivity index (χ1n) is 10.5. The molecule has 2 aromatic heterocycles. The van der Waals surface area contributed by atoms with Crippen LogP contribution in [0.2, 0.25) is 0 Å². The molecule has 0 saturated carbocycles. The molecule has 3 heterocycles. The van der Waals surface area contributed by atoms with Crippen molar-refractivity contribution in [3.05, 3.63) is 40.6 Å². The van der Waals surface area contributed by atoms with E-state index in [0.717, 1.165) is 13.1 Å². The lowest BCUT2D eigenvalue weighted by molar-refractivity contribution is -0.383. The van der Waals surface area contributed by atoms with Gasteiger partial charge in [-0.05, 0) is 19.1 Å². The van der Waals surface area contributed by atoms with Crippen molar-refractivity contribution in [2.24, 2.45) is 0 Å². The third-order valence-electron chi connectivity index (χ3n) is 4.93. The standard InChI is InChI=1S/C20H28N6O6/c1-2-31-17(27)5-7-25(14-16-4-3-11-32-16)20-18(26(28)29)19(22-15-23-20)21-6-8-24-9-12-30-13-10-24/h3-4,11,15H,2,5-10,12-14H2,1H3,(H,21,22,23). The molecule has 2 aromatic rings. The predicted octanol–water partition coefficient (Wildman–Crippen LogP) is 1.68. The van der Waals surface area contributed by atoms with Gasteiger partial charge in [0.15, 0.2) is 0 Å². The van der Waals surface area contributed by atoms with Gasteiger partial charge in [-0.2, -0.15) is 0 Å². The van der Waals surface area contributed by atoms with Crippen LogP contribution in [-0.2, 0) is 20.8 Å². The van der Waals surface area contributed by atoms with Crippen LogP contribution < -0.4 is 10.2 Å². The zero-order valence-corrected chi connectivity index (χ0v) is 18.1. The van der Waals surface area contributed by atoms with Gasteiger partial charge in [0.1, 0.15) is 12.1 Å². The molecule has 0 aromatic carbocycles. The van der Waals surface area contributed by atoms with Crippen LogP contribution in [0, 0.1) is 10.1 Å². The summed E-state index contributed by atoms with van der Waals surface area (Å²) in [7, 11) is 0. The molecule has 12 nitrogen and oxygen atoms in total. The maximum atomic E-state index is 12.0. The molecule has 0 amide bonds. The third kappa shape index (κ3) is 6.62. The first-order chi connectivity index (χ1) is 15.6. The molecule has 0 radical (unpaired) electrons. The summed E-state index contributed by atoms with van der Waals surface area (Å²) in [6.45, 7) is 6.57. The van der Waals surface area contributed by atoms with Crippen molar-refractivity contribution in [2.75, 3.05) is 62.8 Å². The van der Waals surface area contributed by atoms with Gasteiger partial charge in [0.25, 0.3) is 0 Å². The van der Waals surface area contributed by atoms with Crippen LogP contribution in [-0.4, -0.2) is 78.3 Å². The highest BCUT2D eigenvalue weighted by Gasteiger charge is 2.28. The number of hydrogen-bond donors (Lipinski definition) is 1. The lowest BCUT2D eigenvalue weighted by atomic mass is 10.3. The van der Waals surface area contributed by atoms with Gasteiger partial charge in [-0.3, -0.25) is 19.8 Å². The maximum Gasteiger partial charge on any atom is 0.353 e. The normalized spacial score (nSPS) is 14.2. The molecule has 3 rings (SSSR count). The molecule has 0 unspecified atom stereocenters. The average Bonchev–Trinajstić information content (AvgIpc) is 3.30. The van der Waals surface area contributed by atoms with E-state index in [9.17, 15) is 14.9 Å². The van der Waals surface area contributed by atoms with Crippen LogP contribution in [0.5, 0.6) is 0 Å². The Hall–Kier alpha value is -3.25. The summed E-state index contributed by atoms with van der Waals surface area (Å²) in [5.41, 5.74) is -0.245. The summed E-state index contributed by atoms with van der Waals surface area (Å²) in [5.74, 6) is 0.439. The fourth-order valence-electron chi connectivity index (χ4n) is 3.37. The molecule has 12 heteroatoms. The Morgan fingerprint density at radius 1 is 1.38 bits per heavy atom. The van der Waals surface area contributed by atoms with E-state index in [0.29, 0.717) is 32.1 Å². The second-order valence-corrected chi connectivity index (χ2v) is 7.09. The van der Waals surface area contributed by atoms with Crippen LogP contribution in [0.4, 0.5) is 17.3 Å². The first kappa shape index (κ1) is 23.4. The Morgan fingerprint density at radius 3 is 2.88 bits per heavy atom. The van der Waals surface area contributed by atoms with Gasteiger partial charge in [-0.1, -0.05) is 0 Å². The van der Waals surface area contributed by atoms with E-state index in [2.05, 4.69) is 20.2 Å². The number of ether oxygens (including phenoxy) is 2. The molecule has 32 heavy (non-hydrogen) atoms. The molecule has 1 aliphatic rings. The molecular formula is C20H28N6O6. The lowest BCUT2D eigenvalue weighted by Crippen LogP contribution is -2.39. The van der Waals surface area contributed by atoms with Crippen molar-refractivity contribution in [1.29, 1.82) is 0 Å². The number of morpholine rings is 1. The molecule has 1 fully saturated rings. The van der Waals surface area contributed by atoms with Crippen LogP contribution >= 0.6 is 0 Å². The van der Waals surface area contributed by atoms with E-state index >= 15 is 0 Å². The first-order valence-corrected chi connectivity index (χ1v) is 10.5. The van der Waals surface area contributed by atoms with Crippen molar-refractivity contribution < 1.29 is 23.6 Å². The second kappa shape index (κ2) is 12.0. The Kier molecular flexibility index (Phi) is 8.75. The Bertz CT molecular complexity index is 871. The van der Waals surface area contributed by atoms with Crippen LogP contribution in [0.1, 0.15) is 19.1 Å². The van der Waals surface area contributed by atoms with Crippen molar-refractivity contribution in [3.8, 4) is 0 Å². The van der Waals surface area contributed by atoms with Gasteiger partial charge in [-0.25, -0.2) is 9.97 Å². The summed E-state index contributed by atoms with van der Waals surface area (Å²) < 4.78 is 15.7. The summed E-state index contributed by atoms with van der Waals surface area (Å²) >= 11 is 0. The van der Waals surface area contributed by atoms with Crippen molar-refractivity contribution in [3.63, 3.8) is 0 Å². The number of anilines is 2. The molecule has 1 aliphatic heterocycles. The van der Waals surface area contributed by atoms with E-state index in [-0.39, 0.29) is 43.4 Å². The number of aromatic nitrogens is 2. The van der Waals surface area contributed by atoms with Gasteiger partial charge in [0, 0.05) is 32.7 Å². The number of nitrogens with one attached hydrogen (secondary N) is 1. The van der Waals surface area contributed by atoms with Crippen LogP contribution in [0.3, 0.4) is 0 Å². The fraction of sp³-hybridized carbons (Fsp3) is 0.550. The van der Waals surface area contributed by atoms with Gasteiger partial charge >= 0.3 is 11.7 Å². The van der Waals surface area contributed by atoms with Crippen molar-refractivity contribution in [1.82, 2.24) is 14.9 Å². The third-order valence-corrected chi connectivity index (χ3v) is 4.93. The smallest absolute Gasteiger partial charge is 0.353 e. The summed E-state index contributed by atoms with van der Waals surface area (Å²) in [4.78, 5) is 35.5. The zero-order valence-electron chi connectivity index (χ0n) is 18.1. The second-order valence-electron chi connectivity index (χ2n) is 7.09. The topological polar surface area (TPSA) is 136 Å². The minimum Gasteiger partial charge on any atom is -0.467 e. The number of carbonyl (C=O) groups is 1. The lowest BCUT2D eigenvalue weighted by Gasteiger charge is -2.26. The number of rotatable bonds is 12. The minimum atomic E-state index is -0.508. The monoisotopic (exact) mass is 448 g/mol. The fourth-order valence-corrected chi connectivity index (χ4v) is 3.37. The molecule has 0 spiro atoms. The van der Waals surface area contributed by atoms with Crippen LogP contribution in [0.25, 0.3) is 0 Å². The van der Waals surface area contributed by atoms with E-state index in [4.69, 9.17) is 13.9 Å². The molecule has 1 saturated heterocycles. The van der Waals surface area contributed by atoms with E-state index in [1.165, 1.54) is 12.6 Å². The molecule has 0 bridgehead atoms. The van der Waals surface area contributed by atoms with Crippen molar-refractivity contribution >= 4 is 23.3 Å².